The van der Waals surface area contributed by atoms with Gasteiger partial charge in [-0.1, -0.05) is 23.7 Å². The SMILES string of the molecule is Cc1c(C(=O)Nc2ccc(C3CCN(C(=O)c4cnc5ccoc5c4)CC3)cc2)cc(Cl)cc1[N+](=O)[O-]. The number of piperidine rings is 1. The van der Waals surface area contributed by atoms with Crippen molar-refractivity contribution in [2.75, 3.05) is 18.4 Å². The zero-order valence-electron chi connectivity index (χ0n) is 19.9. The normalized spacial score (nSPS) is 14.1. The second-order valence-corrected chi connectivity index (χ2v) is 9.46. The summed E-state index contributed by atoms with van der Waals surface area (Å²) in [5.74, 6) is -0.235. The number of benzene rings is 2. The minimum Gasteiger partial charge on any atom is -0.463 e. The van der Waals surface area contributed by atoms with Crippen molar-refractivity contribution in [3.05, 3.63) is 98.4 Å². The molecule has 3 heterocycles. The molecule has 0 saturated carbocycles. The molecule has 0 unspecified atom stereocenters. The van der Waals surface area contributed by atoms with Crippen molar-refractivity contribution in [3.63, 3.8) is 0 Å². The zero-order chi connectivity index (χ0) is 26.1. The lowest BCUT2D eigenvalue weighted by molar-refractivity contribution is -0.385. The molecule has 1 aliphatic rings. The number of halogens is 1. The number of carbonyl (C=O) groups is 2. The Kier molecular flexibility index (Phi) is 6.62. The number of nitro groups is 1. The average Bonchev–Trinajstić information content (AvgIpc) is 3.38. The Morgan fingerprint density at radius 1 is 1.14 bits per heavy atom. The summed E-state index contributed by atoms with van der Waals surface area (Å²) in [6.07, 6.45) is 4.78. The minimum absolute atomic E-state index is 0.0566. The fraction of sp³-hybridized carbons (Fsp3) is 0.222. The van der Waals surface area contributed by atoms with E-state index in [2.05, 4.69) is 10.3 Å². The fourth-order valence-electron chi connectivity index (χ4n) is 4.69. The summed E-state index contributed by atoms with van der Waals surface area (Å²) >= 11 is 5.99. The number of amides is 2. The summed E-state index contributed by atoms with van der Waals surface area (Å²) in [6, 6.07) is 13.7. The van der Waals surface area contributed by atoms with Crippen LogP contribution >= 0.6 is 11.6 Å². The van der Waals surface area contributed by atoms with Crippen LogP contribution in [0, 0.1) is 17.0 Å². The molecular weight excluding hydrogens is 496 g/mol. The summed E-state index contributed by atoms with van der Waals surface area (Å²) in [4.78, 5) is 42.5. The second kappa shape index (κ2) is 10.0. The van der Waals surface area contributed by atoms with Gasteiger partial charge in [-0.15, -0.1) is 0 Å². The highest BCUT2D eigenvalue weighted by Gasteiger charge is 2.25. The third kappa shape index (κ3) is 5.03. The molecule has 1 saturated heterocycles. The highest BCUT2D eigenvalue weighted by atomic mass is 35.5. The maximum absolute atomic E-state index is 12.9. The van der Waals surface area contributed by atoms with E-state index in [4.69, 9.17) is 16.0 Å². The molecular formula is C27H23ClN4O5. The fourth-order valence-corrected chi connectivity index (χ4v) is 4.90. The molecule has 2 aromatic carbocycles. The van der Waals surface area contributed by atoms with Gasteiger partial charge >= 0.3 is 0 Å². The molecule has 1 fully saturated rings. The van der Waals surface area contributed by atoms with Crippen molar-refractivity contribution >= 4 is 45.9 Å². The van der Waals surface area contributed by atoms with Crippen LogP contribution in [0.1, 0.15) is 50.6 Å². The molecule has 1 N–H and O–H groups in total. The summed E-state index contributed by atoms with van der Waals surface area (Å²) < 4.78 is 5.36. The molecule has 5 rings (SSSR count). The highest BCUT2D eigenvalue weighted by Crippen LogP contribution is 2.31. The molecule has 2 amide bonds. The number of hydrogen-bond acceptors (Lipinski definition) is 6. The maximum atomic E-state index is 12.9. The molecule has 2 aromatic heterocycles. The van der Waals surface area contributed by atoms with Crippen LogP contribution in [0.15, 0.2) is 65.4 Å². The summed E-state index contributed by atoms with van der Waals surface area (Å²) in [5, 5.41) is 14.2. The Labute approximate surface area is 217 Å². The Balaban J connectivity index is 1.21. The maximum Gasteiger partial charge on any atom is 0.274 e. The van der Waals surface area contributed by atoms with Gasteiger partial charge in [-0.25, -0.2) is 0 Å². The van der Waals surface area contributed by atoms with Gasteiger partial charge in [-0.05, 0) is 55.5 Å². The first-order valence-corrected chi connectivity index (χ1v) is 12.2. The van der Waals surface area contributed by atoms with E-state index in [0.29, 0.717) is 29.9 Å². The molecule has 1 aliphatic heterocycles. The van der Waals surface area contributed by atoms with E-state index in [-0.39, 0.29) is 33.7 Å². The highest BCUT2D eigenvalue weighted by molar-refractivity contribution is 6.31. The Hall–Kier alpha value is -4.24. The summed E-state index contributed by atoms with van der Waals surface area (Å²) in [5.41, 5.74) is 3.74. The van der Waals surface area contributed by atoms with Crippen molar-refractivity contribution in [1.82, 2.24) is 9.88 Å². The number of pyridine rings is 1. The topological polar surface area (TPSA) is 119 Å². The molecule has 0 radical (unpaired) electrons. The van der Waals surface area contributed by atoms with Crippen LogP contribution in [-0.4, -0.2) is 39.7 Å². The number of fused-ring (bicyclic) bond motifs is 1. The van der Waals surface area contributed by atoms with Gasteiger partial charge in [-0.3, -0.25) is 24.7 Å². The van der Waals surface area contributed by atoms with Crippen molar-refractivity contribution < 1.29 is 18.9 Å². The number of furan rings is 1. The predicted octanol–water partition coefficient (Wildman–Crippen LogP) is 5.97. The Bertz CT molecular complexity index is 1510. The minimum atomic E-state index is -0.555. The van der Waals surface area contributed by atoms with Crippen LogP contribution in [0.3, 0.4) is 0 Å². The molecule has 10 heteroatoms. The lowest BCUT2D eigenvalue weighted by atomic mass is 9.89. The smallest absolute Gasteiger partial charge is 0.274 e. The van der Waals surface area contributed by atoms with Gasteiger partial charge < -0.3 is 14.6 Å². The number of aromatic nitrogens is 1. The molecule has 188 valence electrons. The van der Waals surface area contributed by atoms with E-state index in [1.54, 1.807) is 24.6 Å². The van der Waals surface area contributed by atoms with E-state index in [9.17, 15) is 19.7 Å². The van der Waals surface area contributed by atoms with Crippen LogP contribution in [0.25, 0.3) is 11.1 Å². The molecule has 0 atom stereocenters. The number of nitro benzene ring substituents is 1. The van der Waals surface area contributed by atoms with Gasteiger partial charge in [0.2, 0.25) is 0 Å². The molecule has 37 heavy (non-hydrogen) atoms. The third-order valence-electron chi connectivity index (χ3n) is 6.76. The van der Waals surface area contributed by atoms with Crippen LogP contribution in [0.2, 0.25) is 5.02 Å². The van der Waals surface area contributed by atoms with E-state index >= 15 is 0 Å². The van der Waals surface area contributed by atoms with Crippen molar-refractivity contribution in [2.45, 2.75) is 25.7 Å². The second-order valence-electron chi connectivity index (χ2n) is 9.03. The van der Waals surface area contributed by atoms with Gasteiger partial charge in [-0.2, -0.15) is 0 Å². The van der Waals surface area contributed by atoms with Crippen LogP contribution in [0.4, 0.5) is 11.4 Å². The number of anilines is 1. The van der Waals surface area contributed by atoms with E-state index < -0.39 is 10.8 Å². The lowest BCUT2D eigenvalue weighted by Gasteiger charge is -2.32. The third-order valence-corrected chi connectivity index (χ3v) is 6.98. The molecule has 0 spiro atoms. The van der Waals surface area contributed by atoms with Gasteiger partial charge in [0, 0.05) is 47.7 Å². The van der Waals surface area contributed by atoms with Crippen molar-refractivity contribution in [3.8, 4) is 0 Å². The van der Waals surface area contributed by atoms with Gasteiger partial charge in [0.1, 0.15) is 5.52 Å². The Morgan fingerprint density at radius 3 is 2.57 bits per heavy atom. The number of nitrogens with zero attached hydrogens (tertiary/aromatic N) is 3. The van der Waals surface area contributed by atoms with E-state index in [1.165, 1.54) is 19.1 Å². The molecule has 0 aliphatic carbocycles. The molecule has 0 bridgehead atoms. The number of hydrogen-bond donors (Lipinski definition) is 1. The largest absolute Gasteiger partial charge is 0.463 e. The first kappa shape index (κ1) is 24.5. The quantitative estimate of drug-likeness (QED) is 0.257. The average molecular weight is 519 g/mol. The summed E-state index contributed by atoms with van der Waals surface area (Å²) in [7, 11) is 0. The van der Waals surface area contributed by atoms with Gasteiger partial charge in [0.15, 0.2) is 5.58 Å². The van der Waals surface area contributed by atoms with E-state index in [0.717, 1.165) is 23.9 Å². The van der Waals surface area contributed by atoms with Crippen LogP contribution in [-0.2, 0) is 0 Å². The molecule has 4 aromatic rings. The van der Waals surface area contributed by atoms with Crippen molar-refractivity contribution in [1.29, 1.82) is 0 Å². The number of nitrogens with one attached hydrogen (secondary N) is 1. The first-order chi connectivity index (χ1) is 17.8. The van der Waals surface area contributed by atoms with Crippen LogP contribution < -0.4 is 5.32 Å². The zero-order valence-corrected chi connectivity index (χ0v) is 20.7. The van der Waals surface area contributed by atoms with Gasteiger partial charge in [0.05, 0.1) is 22.3 Å². The van der Waals surface area contributed by atoms with E-state index in [1.807, 2.05) is 29.2 Å². The number of likely N-dealkylation sites (tertiary alicyclic amines) is 1. The van der Waals surface area contributed by atoms with Crippen LogP contribution in [0.5, 0.6) is 0 Å². The molecule has 9 nitrogen and oxygen atoms in total. The standard InChI is InChI=1S/C27H23ClN4O5/c1-16-22(13-20(28)14-24(16)32(35)36)26(33)30-21-4-2-17(3-5-21)18-6-9-31(10-7-18)27(34)19-12-25-23(29-15-19)8-11-37-25/h2-5,8,11-15,18H,6-7,9-10H2,1H3,(H,30,33). The number of rotatable bonds is 5. The Morgan fingerprint density at radius 2 is 1.86 bits per heavy atom. The lowest BCUT2D eigenvalue weighted by Crippen LogP contribution is -2.37. The monoisotopic (exact) mass is 518 g/mol. The predicted molar refractivity (Wildman–Crippen MR) is 139 cm³/mol. The number of carbonyl (C=O) groups excluding carboxylic acids is 2. The summed E-state index contributed by atoms with van der Waals surface area (Å²) in [6.45, 7) is 2.78. The first-order valence-electron chi connectivity index (χ1n) is 11.8. The van der Waals surface area contributed by atoms with Gasteiger partial charge in [0.25, 0.3) is 17.5 Å². The van der Waals surface area contributed by atoms with Crippen molar-refractivity contribution in [2.24, 2.45) is 0 Å².